The Morgan fingerprint density at radius 3 is 0.739 bits per heavy atom. The summed E-state index contributed by atoms with van der Waals surface area (Å²) in [5.74, 6) is 0.0545. The van der Waals surface area contributed by atoms with Crippen molar-refractivity contribution in [2.75, 3.05) is 39.6 Å². The molecule has 0 aromatic heterocycles. The first-order chi connectivity index (χ1) is 44.2. The highest BCUT2D eigenvalue weighted by atomic mass is 31.2. The van der Waals surface area contributed by atoms with Crippen LogP contribution in [0.15, 0.2) is 0 Å². The lowest BCUT2D eigenvalue weighted by Crippen LogP contribution is -2.30. The standard InChI is InChI=1S/C73H142O17P2/c1-8-9-10-11-12-13-14-15-16-17-18-19-24-27-33-42-49-56-72(77)89-68(60-83-70(75)54-47-40-32-26-23-21-20-22-25-30-37-44-51-64(2)3)62-87-91(79,80)85-58-67(74)59-86-92(81,82)88-63-69(61-84-71(76)55-48-41-36-35-39-46-53-66(6)7)90-73(78)57-50-43-34-29-28-31-38-45-52-65(4)5/h64-69,74H,8-63H2,1-7H3,(H,79,80)(H,81,82)/t67-,68-,69-/m1/s1. The number of hydrogen-bond acceptors (Lipinski definition) is 15. The summed E-state index contributed by atoms with van der Waals surface area (Å²) >= 11 is 0. The van der Waals surface area contributed by atoms with Gasteiger partial charge in [-0.05, 0) is 43.4 Å². The molecule has 0 rings (SSSR count). The highest BCUT2D eigenvalue weighted by Gasteiger charge is 2.30. The van der Waals surface area contributed by atoms with E-state index in [0.717, 1.165) is 108 Å². The van der Waals surface area contributed by atoms with Crippen molar-refractivity contribution in [1.82, 2.24) is 0 Å². The number of esters is 4. The van der Waals surface area contributed by atoms with Crippen molar-refractivity contribution in [2.24, 2.45) is 17.8 Å². The number of phosphoric acid groups is 2. The van der Waals surface area contributed by atoms with Crippen LogP contribution in [0.3, 0.4) is 0 Å². The van der Waals surface area contributed by atoms with Gasteiger partial charge in [-0.25, -0.2) is 9.13 Å². The molecule has 0 saturated carbocycles. The number of phosphoric ester groups is 2. The molecule has 0 fully saturated rings. The second-order valence-electron chi connectivity index (χ2n) is 27.8. The Kier molecular flexibility index (Phi) is 62.4. The molecule has 0 heterocycles. The quantitative estimate of drug-likeness (QED) is 0.0222. The third kappa shape index (κ3) is 66.7. The van der Waals surface area contributed by atoms with E-state index in [1.54, 1.807) is 0 Å². The van der Waals surface area contributed by atoms with Gasteiger partial charge < -0.3 is 33.8 Å². The normalized spacial score (nSPS) is 14.1. The lowest BCUT2D eigenvalue weighted by molar-refractivity contribution is -0.161. The van der Waals surface area contributed by atoms with Crippen molar-refractivity contribution in [3.05, 3.63) is 0 Å². The topological polar surface area (TPSA) is 237 Å². The van der Waals surface area contributed by atoms with Crippen LogP contribution in [-0.4, -0.2) is 96.7 Å². The SMILES string of the molecule is CCCCCCCCCCCCCCCCCCCC(=O)O[C@H](COC(=O)CCCCCCCCCCCCCCC(C)C)COP(=O)(O)OC[C@@H](O)COP(=O)(O)OC[C@@H](COC(=O)CCCCCCCCC(C)C)OC(=O)CCCCCCCCCCC(C)C. The highest BCUT2D eigenvalue weighted by Crippen LogP contribution is 2.45. The smallest absolute Gasteiger partial charge is 0.462 e. The lowest BCUT2D eigenvalue weighted by atomic mass is 10.0. The summed E-state index contributed by atoms with van der Waals surface area (Å²) in [6.45, 7) is 11.8. The van der Waals surface area contributed by atoms with Gasteiger partial charge in [0.05, 0.1) is 26.4 Å². The first-order valence-electron chi connectivity index (χ1n) is 37.8. The molecule has 0 aliphatic rings. The Labute approximate surface area is 562 Å². The first-order valence-corrected chi connectivity index (χ1v) is 40.8. The second kappa shape index (κ2) is 63.8. The highest BCUT2D eigenvalue weighted by molar-refractivity contribution is 7.47. The Bertz CT molecular complexity index is 1800. The van der Waals surface area contributed by atoms with Gasteiger partial charge in [0.1, 0.15) is 19.3 Å². The van der Waals surface area contributed by atoms with Crippen LogP contribution in [0, 0.1) is 17.8 Å². The first kappa shape index (κ1) is 90.1. The van der Waals surface area contributed by atoms with Crippen LogP contribution in [0.2, 0.25) is 0 Å². The zero-order valence-corrected chi connectivity index (χ0v) is 61.8. The van der Waals surface area contributed by atoms with Gasteiger partial charge in [-0.1, -0.05) is 318 Å². The predicted octanol–water partition coefficient (Wildman–Crippen LogP) is 21.0. The molecule has 17 nitrogen and oxygen atoms in total. The third-order valence-electron chi connectivity index (χ3n) is 16.9. The van der Waals surface area contributed by atoms with E-state index in [2.05, 4.69) is 48.5 Å². The van der Waals surface area contributed by atoms with Crippen LogP contribution in [0.4, 0.5) is 0 Å². The molecule has 0 spiro atoms. The molecular formula is C73H142O17P2. The molecular weight excluding hydrogens is 1210 g/mol. The van der Waals surface area contributed by atoms with Crippen LogP contribution < -0.4 is 0 Å². The van der Waals surface area contributed by atoms with Crippen molar-refractivity contribution in [3.63, 3.8) is 0 Å². The number of carbonyl (C=O) groups is 4. The van der Waals surface area contributed by atoms with Gasteiger partial charge in [-0.15, -0.1) is 0 Å². The maximum atomic E-state index is 13.1. The van der Waals surface area contributed by atoms with Crippen molar-refractivity contribution >= 4 is 39.5 Å². The van der Waals surface area contributed by atoms with E-state index < -0.39 is 97.5 Å². The zero-order chi connectivity index (χ0) is 68.0. The van der Waals surface area contributed by atoms with Gasteiger partial charge in [0.25, 0.3) is 0 Å². The van der Waals surface area contributed by atoms with Gasteiger partial charge in [-0.3, -0.25) is 37.3 Å². The summed E-state index contributed by atoms with van der Waals surface area (Å²) in [7, 11) is -9.91. The summed E-state index contributed by atoms with van der Waals surface area (Å²) in [6, 6.07) is 0. The molecule has 2 unspecified atom stereocenters. The number of carbonyl (C=O) groups excluding carboxylic acids is 4. The Hall–Kier alpha value is -1.94. The molecule has 92 heavy (non-hydrogen) atoms. The fraction of sp³-hybridized carbons (Fsp3) is 0.945. The van der Waals surface area contributed by atoms with E-state index >= 15 is 0 Å². The minimum absolute atomic E-state index is 0.103. The van der Waals surface area contributed by atoms with Gasteiger partial charge in [0.2, 0.25) is 0 Å². The lowest BCUT2D eigenvalue weighted by Gasteiger charge is -2.21. The van der Waals surface area contributed by atoms with E-state index in [1.807, 2.05) is 0 Å². The van der Waals surface area contributed by atoms with Crippen molar-refractivity contribution < 1.29 is 80.2 Å². The predicted molar refractivity (Wildman–Crippen MR) is 372 cm³/mol. The van der Waals surface area contributed by atoms with Crippen LogP contribution in [-0.2, 0) is 65.4 Å². The van der Waals surface area contributed by atoms with Gasteiger partial charge >= 0.3 is 39.5 Å². The summed E-state index contributed by atoms with van der Waals surface area (Å²) in [4.78, 5) is 72.6. The Morgan fingerprint density at radius 2 is 0.500 bits per heavy atom. The number of hydrogen-bond donors (Lipinski definition) is 3. The molecule has 0 aliphatic heterocycles. The van der Waals surface area contributed by atoms with E-state index in [0.29, 0.717) is 31.6 Å². The minimum Gasteiger partial charge on any atom is -0.462 e. The molecule has 5 atom stereocenters. The van der Waals surface area contributed by atoms with E-state index in [-0.39, 0.29) is 25.7 Å². The summed E-state index contributed by atoms with van der Waals surface area (Å²) in [5.41, 5.74) is 0. The summed E-state index contributed by atoms with van der Waals surface area (Å²) in [5, 5.41) is 10.6. The monoisotopic (exact) mass is 1350 g/mol. The molecule has 0 aromatic carbocycles. The zero-order valence-electron chi connectivity index (χ0n) is 60.0. The largest absolute Gasteiger partial charge is 0.472 e. The summed E-state index contributed by atoms with van der Waals surface area (Å²) in [6.07, 6.45) is 48.8. The number of rotatable bonds is 71. The van der Waals surface area contributed by atoms with Gasteiger partial charge in [0.15, 0.2) is 12.2 Å². The molecule has 19 heteroatoms. The van der Waals surface area contributed by atoms with E-state index in [4.69, 9.17) is 37.0 Å². The molecule has 0 radical (unpaired) electrons. The van der Waals surface area contributed by atoms with Crippen LogP contribution in [0.1, 0.15) is 370 Å². The van der Waals surface area contributed by atoms with Gasteiger partial charge in [-0.2, -0.15) is 0 Å². The second-order valence-corrected chi connectivity index (χ2v) is 30.7. The fourth-order valence-corrected chi connectivity index (χ4v) is 12.7. The number of aliphatic hydroxyl groups is 1. The third-order valence-corrected chi connectivity index (χ3v) is 18.8. The van der Waals surface area contributed by atoms with Crippen LogP contribution in [0.25, 0.3) is 0 Å². The van der Waals surface area contributed by atoms with Crippen molar-refractivity contribution in [1.29, 1.82) is 0 Å². The Morgan fingerprint density at radius 1 is 0.293 bits per heavy atom. The van der Waals surface area contributed by atoms with Crippen molar-refractivity contribution in [3.8, 4) is 0 Å². The maximum Gasteiger partial charge on any atom is 0.472 e. The van der Waals surface area contributed by atoms with Crippen LogP contribution in [0.5, 0.6) is 0 Å². The molecule has 0 bridgehead atoms. The average Bonchev–Trinajstić information content (AvgIpc) is 3.08. The maximum absolute atomic E-state index is 13.1. The molecule has 0 saturated heterocycles. The molecule has 546 valence electrons. The molecule has 0 aliphatic carbocycles. The van der Waals surface area contributed by atoms with Gasteiger partial charge in [0, 0.05) is 25.7 Å². The minimum atomic E-state index is -4.96. The Balaban J connectivity index is 5.23. The van der Waals surface area contributed by atoms with E-state index in [1.165, 1.54) is 173 Å². The number of unbranched alkanes of at least 4 members (excludes halogenated alkanes) is 39. The molecule has 0 amide bonds. The molecule has 0 aromatic rings. The van der Waals surface area contributed by atoms with Crippen LogP contribution >= 0.6 is 15.6 Å². The average molecular weight is 1350 g/mol. The molecule has 3 N–H and O–H groups in total. The van der Waals surface area contributed by atoms with Crippen molar-refractivity contribution in [2.45, 2.75) is 388 Å². The fourth-order valence-electron chi connectivity index (χ4n) is 11.1. The number of aliphatic hydroxyl groups excluding tert-OH is 1. The van der Waals surface area contributed by atoms with E-state index in [9.17, 15) is 43.2 Å². The number of ether oxygens (including phenoxy) is 4. The summed E-state index contributed by atoms with van der Waals surface area (Å²) < 4.78 is 68.4.